The average Bonchev–Trinajstić information content (AvgIpc) is 2.41. The summed E-state index contributed by atoms with van der Waals surface area (Å²) in [6, 6.07) is 6.42. The van der Waals surface area contributed by atoms with Gasteiger partial charge in [-0.15, -0.1) is 6.58 Å². The first-order chi connectivity index (χ1) is 9.17. The molecule has 0 aromatic heterocycles. The quantitative estimate of drug-likeness (QED) is 0.546. The van der Waals surface area contributed by atoms with E-state index in [1.54, 1.807) is 7.11 Å². The molecule has 3 heteroatoms. The fourth-order valence-electron chi connectivity index (χ4n) is 1.67. The summed E-state index contributed by atoms with van der Waals surface area (Å²) >= 11 is 0. The summed E-state index contributed by atoms with van der Waals surface area (Å²) in [5, 5.41) is 3.40. The first-order valence-corrected chi connectivity index (χ1v) is 6.81. The second kappa shape index (κ2) is 8.59. The third kappa shape index (κ3) is 5.79. The van der Waals surface area contributed by atoms with Gasteiger partial charge >= 0.3 is 0 Å². The molecule has 0 fully saturated rings. The molecule has 1 N–H and O–H groups in total. The van der Waals surface area contributed by atoms with Crippen LogP contribution in [0.25, 0.3) is 0 Å². The average molecular weight is 263 g/mol. The lowest BCUT2D eigenvalue weighted by Crippen LogP contribution is -2.22. The number of ether oxygens (including phenoxy) is 2. The van der Waals surface area contributed by atoms with E-state index in [2.05, 4.69) is 31.8 Å². The SMILES string of the molecule is C=CCCCOc1cc(OC)ccc1CNC(C)C. The Morgan fingerprint density at radius 3 is 2.79 bits per heavy atom. The van der Waals surface area contributed by atoms with Gasteiger partial charge in [-0.1, -0.05) is 26.0 Å². The normalized spacial score (nSPS) is 10.5. The molecule has 1 rings (SSSR count). The van der Waals surface area contributed by atoms with E-state index < -0.39 is 0 Å². The van der Waals surface area contributed by atoms with E-state index in [0.29, 0.717) is 12.6 Å². The van der Waals surface area contributed by atoms with Crippen molar-refractivity contribution in [2.45, 2.75) is 39.3 Å². The maximum atomic E-state index is 5.85. The van der Waals surface area contributed by atoms with Gasteiger partial charge in [0.2, 0.25) is 0 Å². The van der Waals surface area contributed by atoms with E-state index in [0.717, 1.165) is 36.4 Å². The highest BCUT2D eigenvalue weighted by molar-refractivity contribution is 5.40. The first-order valence-electron chi connectivity index (χ1n) is 6.81. The zero-order valence-corrected chi connectivity index (χ0v) is 12.2. The fourth-order valence-corrected chi connectivity index (χ4v) is 1.67. The van der Waals surface area contributed by atoms with Crippen molar-refractivity contribution >= 4 is 0 Å². The second-order valence-corrected chi connectivity index (χ2v) is 4.79. The van der Waals surface area contributed by atoms with Gasteiger partial charge in [0.1, 0.15) is 11.5 Å². The van der Waals surface area contributed by atoms with E-state index >= 15 is 0 Å². The van der Waals surface area contributed by atoms with E-state index in [1.807, 2.05) is 18.2 Å². The lowest BCUT2D eigenvalue weighted by atomic mass is 10.1. The van der Waals surface area contributed by atoms with Crippen molar-refractivity contribution in [1.82, 2.24) is 5.32 Å². The molecule has 0 aliphatic rings. The smallest absolute Gasteiger partial charge is 0.127 e. The molecule has 0 saturated heterocycles. The molecule has 106 valence electrons. The van der Waals surface area contributed by atoms with Crippen molar-refractivity contribution in [1.29, 1.82) is 0 Å². The molecule has 0 aliphatic heterocycles. The summed E-state index contributed by atoms with van der Waals surface area (Å²) in [4.78, 5) is 0. The summed E-state index contributed by atoms with van der Waals surface area (Å²) in [5.74, 6) is 1.73. The Balaban J connectivity index is 2.68. The van der Waals surface area contributed by atoms with Crippen LogP contribution >= 0.6 is 0 Å². The number of unbranched alkanes of at least 4 members (excludes halogenated alkanes) is 1. The first kappa shape index (κ1) is 15.6. The molecule has 3 nitrogen and oxygen atoms in total. The van der Waals surface area contributed by atoms with Crippen LogP contribution in [0, 0.1) is 0 Å². The molecule has 1 aromatic carbocycles. The Kier molecular flexibility index (Phi) is 7.04. The van der Waals surface area contributed by atoms with Gasteiger partial charge in [0.15, 0.2) is 0 Å². The molecule has 0 radical (unpaired) electrons. The zero-order valence-electron chi connectivity index (χ0n) is 12.2. The molecule has 0 aliphatic carbocycles. The van der Waals surface area contributed by atoms with Crippen LogP contribution in [0.1, 0.15) is 32.3 Å². The fraction of sp³-hybridized carbons (Fsp3) is 0.500. The van der Waals surface area contributed by atoms with E-state index in [1.165, 1.54) is 0 Å². The van der Waals surface area contributed by atoms with Crippen LogP contribution in [0.5, 0.6) is 11.5 Å². The number of allylic oxidation sites excluding steroid dienone is 1. The van der Waals surface area contributed by atoms with Crippen molar-refractivity contribution in [3.8, 4) is 11.5 Å². The van der Waals surface area contributed by atoms with Gasteiger partial charge < -0.3 is 14.8 Å². The minimum atomic E-state index is 0.454. The number of benzene rings is 1. The van der Waals surface area contributed by atoms with E-state index in [4.69, 9.17) is 9.47 Å². The molecular formula is C16H25NO2. The van der Waals surface area contributed by atoms with Crippen LogP contribution in [-0.2, 0) is 6.54 Å². The second-order valence-electron chi connectivity index (χ2n) is 4.79. The Morgan fingerprint density at radius 1 is 1.37 bits per heavy atom. The molecule has 0 bridgehead atoms. The summed E-state index contributed by atoms with van der Waals surface area (Å²) in [6.07, 6.45) is 3.87. The van der Waals surface area contributed by atoms with Gasteiger partial charge in [-0.25, -0.2) is 0 Å². The predicted molar refractivity (Wildman–Crippen MR) is 79.9 cm³/mol. The van der Waals surface area contributed by atoms with E-state index in [-0.39, 0.29) is 0 Å². The maximum Gasteiger partial charge on any atom is 0.127 e. The maximum absolute atomic E-state index is 5.85. The van der Waals surface area contributed by atoms with Gasteiger partial charge in [-0.3, -0.25) is 0 Å². The molecule has 0 spiro atoms. The standard InChI is InChI=1S/C16H25NO2/c1-5-6-7-10-19-16-11-15(18-4)9-8-14(16)12-17-13(2)3/h5,8-9,11,13,17H,1,6-7,10,12H2,2-4H3. The lowest BCUT2D eigenvalue weighted by molar-refractivity contribution is 0.305. The summed E-state index contributed by atoms with van der Waals surface area (Å²) in [5.41, 5.74) is 1.16. The number of methoxy groups -OCH3 is 1. The number of rotatable bonds is 9. The van der Waals surface area contributed by atoms with Crippen molar-refractivity contribution in [2.75, 3.05) is 13.7 Å². The van der Waals surface area contributed by atoms with Gasteiger partial charge in [-0.05, 0) is 18.9 Å². The van der Waals surface area contributed by atoms with Crippen molar-refractivity contribution in [3.63, 3.8) is 0 Å². The molecule has 19 heavy (non-hydrogen) atoms. The van der Waals surface area contributed by atoms with Crippen LogP contribution in [0.15, 0.2) is 30.9 Å². The Morgan fingerprint density at radius 2 is 2.16 bits per heavy atom. The van der Waals surface area contributed by atoms with E-state index in [9.17, 15) is 0 Å². The van der Waals surface area contributed by atoms with Gasteiger partial charge in [0.25, 0.3) is 0 Å². The number of hydrogen-bond acceptors (Lipinski definition) is 3. The van der Waals surface area contributed by atoms with Crippen LogP contribution < -0.4 is 14.8 Å². The van der Waals surface area contributed by atoms with Gasteiger partial charge in [0, 0.05) is 24.2 Å². The Bertz CT molecular complexity index is 388. The monoisotopic (exact) mass is 263 g/mol. The minimum absolute atomic E-state index is 0.454. The number of hydrogen-bond donors (Lipinski definition) is 1. The highest BCUT2D eigenvalue weighted by Crippen LogP contribution is 2.25. The van der Waals surface area contributed by atoms with Gasteiger partial charge in [-0.2, -0.15) is 0 Å². The zero-order chi connectivity index (χ0) is 14.1. The summed E-state index contributed by atoms with van der Waals surface area (Å²) in [7, 11) is 1.67. The highest BCUT2D eigenvalue weighted by atomic mass is 16.5. The lowest BCUT2D eigenvalue weighted by Gasteiger charge is -2.14. The molecule has 0 unspecified atom stereocenters. The predicted octanol–water partition coefficient (Wildman–Crippen LogP) is 3.54. The highest BCUT2D eigenvalue weighted by Gasteiger charge is 2.06. The van der Waals surface area contributed by atoms with Crippen molar-refractivity contribution < 1.29 is 9.47 Å². The van der Waals surface area contributed by atoms with Crippen molar-refractivity contribution in [2.24, 2.45) is 0 Å². The molecule has 0 heterocycles. The summed E-state index contributed by atoms with van der Waals surface area (Å²) < 4.78 is 11.1. The van der Waals surface area contributed by atoms with Crippen LogP contribution in [0.4, 0.5) is 0 Å². The minimum Gasteiger partial charge on any atom is -0.497 e. The van der Waals surface area contributed by atoms with Crippen molar-refractivity contribution in [3.05, 3.63) is 36.4 Å². The van der Waals surface area contributed by atoms with Crippen LogP contribution in [0.3, 0.4) is 0 Å². The third-order valence-corrected chi connectivity index (χ3v) is 2.79. The molecule has 1 aromatic rings. The molecule has 0 atom stereocenters. The molecular weight excluding hydrogens is 238 g/mol. The molecule has 0 saturated carbocycles. The topological polar surface area (TPSA) is 30.5 Å². The van der Waals surface area contributed by atoms with Crippen LogP contribution in [-0.4, -0.2) is 19.8 Å². The Labute approximate surface area is 116 Å². The summed E-state index contributed by atoms with van der Waals surface area (Å²) in [6.45, 7) is 9.49. The largest absolute Gasteiger partial charge is 0.497 e. The Hall–Kier alpha value is -1.48. The number of nitrogens with one attached hydrogen (secondary N) is 1. The van der Waals surface area contributed by atoms with Crippen LogP contribution in [0.2, 0.25) is 0 Å². The van der Waals surface area contributed by atoms with Gasteiger partial charge in [0.05, 0.1) is 13.7 Å². The molecule has 0 amide bonds. The third-order valence-electron chi connectivity index (χ3n) is 2.79.